The van der Waals surface area contributed by atoms with Crippen LogP contribution in [0, 0.1) is 0 Å². The third-order valence-electron chi connectivity index (χ3n) is 1.88. The van der Waals surface area contributed by atoms with Gasteiger partial charge in [-0.1, -0.05) is 6.07 Å². The second-order valence-corrected chi connectivity index (χ2v) is 4.64. The smallest absolute Gasteiger partial charge is 0.412 e. The van der Waals surface area contributed by atoms with E-state index in [2.05, 4.69) is 5.32 Å². The molecule has 0 radical (unpaired) electrons. The lowest BCUT2D eigenvalue weighted by molar-refractivity contribution is 0.0635. The lowest BCUT2D eigenvalue weighted by Gasteiger charge is -2.20. The largest absolute Gasteiger partial charge is 0.506 e. The zero-order valence-corrected chi connectivity index (χ0v) is 10.2. The van der Waals surface area contributed by atoms with Gasteiger partial charge in [-0.2, -0.15) is 0 Å². The van der Waals surface area contributed by atoms with Gasteiger partial charge in [0.15, 0.2) is 0 Å². The average Bonchev–Trinajstić information content (AvgIpc) is 2.18. The summed E-state index contributed by atoms with van der Waals surface area (Å²) in [6, 6.07) is 4.49. The molecule has 0 bridgehead atoms. The maximum absolute atomic E-state index is 11.4. The number of carbonyl (C=O) groups excluding carboxylic acids is 1. The van der Waals surface area contributed by atoms with Gasteiger partial charge in [0.1, 0.15) is 11.4 Å². The normalized spacial score (nSPS) is 11.1. The molecular weight excluding hydrogens is 222 g/mol. The number of nitrogens with one attached hydrogen (secondary N) is 1. The minimum atomic E-state index is -0.635. The van der Waals surface area contributed by atoms with Crippen molar-refractivity contribution < 1.29 is 19.7 Å². The highest BCUT2D eigenvalue weighted by Crippen LogP contribution is 2.24. The Hall–Kier alpha value is -1.75. The number of hydrogen-bond donors (Lipinski definition) is 3. The van der Waals surface area contributed by atoms with E-state index in [0.717, 1.165) is 0 Å². The Labute approximate surface area is 100 Å². The molecule has 0 spiro atoms. The van der Waals surface area contributed by atoms with Crippen LogP contribution in [-0.2, 0) is 11.3 Å². The third-order valence-corrected chi connectivity index (χ3v) is 1.88. The molecule has 1 amide bonds. The summed E-state index contributed by atoms with van der Waals surface area (Å²) in [5.74, 6) is -0.109. The Morgan fingerprint density at radius 3 is 2.53 bits per heavy atom. The van der Waals surface area contributed by atoms with Gasteiger partial charge in [0.25, 0.3) is 0 Å². The maximum atomic E-state index is 11.4. The van der Waals surface area contributed by atoms with Crippen molar-refractivity contribution in [2.75, 3.05) is 5.32 Å². The monoisotopic (exact) mass is 239 g/mol. The predicted octanol–water partition coefficient (Wildman–Crippen LogP) is 2.23. The number of anilines is 1. The van der Waals surface area contributed by atoms with Crippen LogP contribution >= 0.6 is 0 Å². The minimum absolute atomic E-state index is 0.109. The molecule has 0 aliphatic rings. The first-order chi connectivity index (χ1) is 7.81. The number of aliphatic hydroxyl groups is 1. The number of hydrogen-bond acceptors (Lipinski definition) is 4. The Kier molecular flexibility index (Phi) is 3.96. The van der Waals surface area contributed by atoms with Crippen molar-refractivity contribution in [1.29, 1.82) is 0 Å². The van der Waals surface area contributed by atoms with Crippen LogP contribution in [0.4, 0.5) is 10.5 Å². The van der Waals surface area contributed by atoms with Crippen molar-refractivity contribution in [2.45, 2.75) is 33.0 Å². The number of phenols is 1. The van der Waals surface area contributed by atoms with Crippen molar-refractivity contribution in [1.82, 2.24) is 0 Å². The molecule has 1 aromatic carbocycles. The molecule has 5 nitrogen and oxygen atoms in total. The number of ether oxygens (including phenoxy) is 1. The Morgan fingerprint density at radius 1 is 1.41 bits per heavy atom. The first-order valence-electron chi connectivity index (χ1n) is 5.24. The molecule has 0 aromatic heterocycles. The number of aromatic hydroxyl groups is 1. The zero-order chi connectivity index (χ0) is 13.1. The molecule has 5 heteroatoms. The highest BCUT2D eigenvalue weighted by molar-refractivity contribution is 5.86. The summed E-state index contributed by atoms with van der Waals surface area (Å²) in [5, 5.41) is 20.9. The van der Waals surface area contributed by atoms with Crippen molar-refractivity contribution in [3.05, 3.63) is 23.8 Å². The minimum Gasteiger partial charge on any atom is -0.506 e. The van der Waals surface area contributed by atoms with E-state index >= 15 is 0 Å². The summed E-state index contributed by atoms with van der Waals surface area (Å²) in [6.07, 6.45) is -0.635. The second kappa shape index (κ2) is 5.05. The van der Waals surface area contributed by atoms with Gasteiger partial charge >= 0.3 is 6.09 Å². The van der Waals surface area contributed by atoms with Crippen molar-refractivity contribution in [3.63, 3.8) is 0 Å². The maximum Gasteiger partial charge on any atom is 0.412 e. The van der Waals surface area contributed by atoms with E-state index in [1.165, 1.54) is 12.1 Å². The standard InChI is InChI=1S/C12H17NO4/c1-12(2,3)17-11(16)13-9-5-4-8(7-14)6-10(9)15/h4-6,14-15H,7H2,1-3H3,(H,13,16). The molecule has 0 fully saturated rings. The summed E-state index contributed by atoms with van der Waals surface area (Å²) < 4.78 is 5.04. The van der Waals surface area contributed by atoms with Crippen LogP contribution in [0.5, 0.6) is 5.75 Å². The summed E-state index contributed by atoms with van der Waals surface area (Å²) in [6.45, 7) is 5.09. The van der Waals surface area contributed by atoms with Crippen molar-refractivity contribution >= 4 is 11.8 Å². The molecule has 0 unspecified atom stereocenters. The van der Waals surface area contributed by atoms with E-state index in [-0.39, 0.29) is 18.0 Å². The van der Waals surface area contributed by atoms with E-state index in [1.807, 2.05) is 0 Å². The van der Waals surface area contributed by atoms with Gasteiger partial charge in [-0.05, 0) is 38.5 Å². The van der Waals surface area contributed by atoms with E-state index < -0.39 is 11.7 Å². The number of aliphatic hydroxyl groups excluding tert-OH is 1. The highest BCUT2D eigenvalue weighted by atomic mass is 16.6. The van der Waals surface area contributed by atoms with Gasteiger partial charge in [0.2, 0.25) is 0 Å². The zero-order valence-electron chi connectivity index (χ0n) is 10.2. The van der Waals surface area contributed by atoms with Crippen LogP contribution in [0.3, 0.4) is 0 Å². The first kappa shape index (κ1) is 13.3. The van der Waals surface area contributed by atoms with Gasteiger partial charge in [0, 0.05) is 0 Å². The molecule has 0 saturated heterocycles. The Balaban J connectivity index is 2.72. The number of carbonyl (C=O) groups is 1. The summed E-state index contributed by atoms with van der Waals surface area (Å²) in [5.41, 5.74) is 0.221. The fraction of sp³-hybridized carbons (Fsp3) is 0.417. The lowest BCUT2D eigenvalue weighted by atomic mass is 10.2. The fourth-order valence-corrected chi connectivity index (χ4v) is 1.19. The van der Waals surface area contributed by atoms with E-state index in [9.17, 15) is 9.90 Å². The number of benzene rings is 1. The SMILES string of the molecule is CC(C)(C)OC(=O)Nc1ccc(CO)cc1O. The Bertz CT molecular complexity index is 409. The van der Waals surface area contributed by atoms with Crippen LogP contribution in [0.25, 0.3) is 0 Å². The molecule has 0 aliphatic carbocycles. The fourth-order valence-electron chi connectivity index (χ4n) is 1.19. The number of amides is 1. The molecular formula is C12H17NO4. The van der Waals surface area contributed by atoms with Crippen LogP contribution in [0.1, 0.15) is 26.3 Å². The molecule has 1 rings (SSSR count). The third kappa shape index (κ3) is 4.32. The van der Waals surface area contributed by atoms with Crippen LogP contribution in [0.15, 0.2) is 18.2 Å². The molecule has 3 N–H and O–H groups in total. The van der Waals surface area contributed by atoms with Gasteiger partial charge in [-0.25, -0.2) is 4.79 Å². The summed E-state index contributed by atoms with van der Waals surface area (Å²) in [7, 11) is 0. The second-order valence-electron chi connectivity index (χ2n) is 4.64. The molecule has 94 valence electrons. The molecule has 1 aromatic rings. The molecule has 17 heavy (non-hydrogen) atoms. The first-order valence-corrected chi connectivity index (χ1v) is 5.24. The van der Waals surface area contributed by atoms with Gasteiger partial charge in [-0.15, -0.1) is 0 Å². The van der Waals surface area contributed by atoms with Gasteiger partial charge in [-0.3, -0.25) is 5.32 Å². The van der Waals surface area contributed by atoms with E-state index in [0.29, 0.717) is 5.56 Å². The molecule has 0 atom stereocenters. The van der Waals surface area contributed by atoms with Gasteiger partial charge < -0.3 is 14.9 Å². The van der Waals surface area contributed by atoms with E-state index in [4.69, 9.17) is 9.84 Å². The van der Waals surface area contributed by atoms with Crippen molar-refractivity contribution in [2.24, 2.45) is 0 Å². The number of phenolic OH excluding ortho intramolecular Hbond substituents is 1. The molecule has 0 saturated carbocycles. The van der Waals surface area contributed by atoms with Crippen molar-refractivity contribution in [3.8, 4) is 5.75 Å². The predicted molar refractivity (Wildman–Crippen MR) is 63.9 cm³/mol. The van der Waals surface area contributed by atoms with Crippen LogP contribution in [-0.4, -0.2) is 21.9 Å². The summed E-state index contributed by atoms with van der Waals surface area (Å²) >= 11 is 0. The average molecular weight is 239 g/mol. The van der Waals surface area contributed by atoms with Crippen LogP contribution in [0.2, 0.25) is 0 Å². The van der Waals surface area contributed by atoms with Gasteiger partial charge in [0.05, 0.1) is 12.3 Å². The summed E-state index contributed by atoms with van der Waals surface area (Å²) in [4.78, 5) is 11.4. The lowest BCUT2D eigenvalue weighted by Crippen LogP contribution is -2.27. The van der Waals surface area contributed by atoms with E-state index in [1.54, 1.807) is 26.8 Å². The van der Waals surface area contributed by atoms with Crippen LogP contribution < -0.4 is 5.32 Å². The highest BCUT2D eigenvalue weighted by Gasteiger charge is 2.17. The quantitative estimate of drug-likeness (QED) is 0.691. The Morgan fingerprint density at radius 2 is 2.06 bits per heavy atom. The number of rotatable bonds is 2. The molecule has 0 heterocycles. The molecule has 0 aliphatic heterocycles. The topological polar surface area (TPSA) is 78.8 Å².